The largest absolute Gasteiger partial charge is 0.316 e. The lowest BCUT2D eigenvalue weighted by atomic mass is 10.1. The molecule has 1 heterocycles. The number of fused-ring (bicyclic) bond motifs is 1. The van der Waals surface area contributed by atoms with Crippen LogP contribution in [-0.4, -0.2) is 12.5 Å². The Hall–Kier alpha value is -1.35. The number of para-hydroxylation sites is 1. The Balaban J connectivity index is 2.39. The van der Waals surface area contributed by atoms with Gasteiger partial charge < -0.3 is 10.6 Å². The number of rotatable bonds is 3. The molecular weight excluding hydrogens is 200 g/mol. The zero-order chi connectivity index (χ0) is 11.7. The fourth-order valence-electron chi connectivity index (χ4n) is 2.25. The van der Waals surface area contributed by atoms with E-state index in [0.717, 1.165) is 36.2 Å². The van der Waals surface area contributed by atoms with Crippen LogP contribution in [0.5, 0.6) is 0 Å². The molecule has 0 saturated heterocycles. The number of benzene rings is 1. The number of carbonyl (C=O) groups is 1. The quantitative estimate of drug-likeness (QED) is 0.845. The lowest BCUT2D eigenvalue weighted by Crippen LogP contribution is -2.32. The highest BCUT2D eigenvalue weighted by molar-refractivity contribution is 6.05. The van der Waals surface area contributed by atoms with Gasteiger partial charge in [0.15, 0.2) is 0 Å². The molecular formula is C13H18N2O. The van der Waals surface area contributed by atoms with Crippen molar-refractivity contribution in [1.29, 1.82) is 0 Å². The molecule has 0 aromatic heterocycles. The second kappa shape index (κ2) is 4.26. The first-order valence-corrected chi connectivity index (χ1v) is 5.83. The molecule has 0 radical (unpaired) electrons. The van der Waals surface area contributed by atoms with Gasteiger partial charge in [-0.2, -0.15) is 0 Å². The van der Waals surface area contributed by atoms with Crippen molar-refractivity contribution in [3.05, 3.63) is 29.3 Å². The highest BCUT2D eigenvalue weighted by atomic mass is 16.2. The maximum atomic E-state index is 12.0. The third kappa shape index (κ3) is 1.61. The molecule has 3 heteroatoms. The number of hydrogen-bond donors (Lipinski definition) is 1. The lowest BCUT2D eigenvalue weighted by Gasteiger charge is -2.18. The van der Waals surface area contributed by atoms with Gasteiger partial charge in [0.05, 0.1) is 5.69 Å². The van der Waals surface area contributed by atoms with Gasteiger partial charge in [0.2, 0.25) is 5.91 Å². The SMILES string of the molecule is CCCCN1C(=O)C(N)c2cccc(C)c21. The minimum atomic E-state index is -0.466. The number of unbranched alkanes of at least 4 members (excludes halogenated alkanes) is 1. The van der Waals surface area contributed by atoms with Gasteiger partial charge in [-0.3, -0.25) is 4.79 Å². The van der Waals surface area contributed by atoms with Crippen LogP contribution < -0.4 is 10.6 Å². The summed E-state index contributed by atoms with van der Waals surface area (Å²) in [6.07, 6.45) is 2.10. The van der Waals surface area contributed by atoms with Gasteiger partial charge in [-0.05, 0) is 18.9 Å². The van der Waals surface area contributed by atoms with Crippen molar-refractivity contribution >= 4 is 11.6 Å². The first kappa shape index (κ1) is 11.1. The standard InChI is InChI=1S/C13H18N2O/c1-3-4-8-15-12-9(2)6-5-7-10(12)11(14)13(15)16/h5-7,11H,3-4,8,14H2,1-2H3. The van der Waals surface area contributed by atoms with Crippen molar-refractivity contribution < 1.29 is 4.79 Å². The maximum absolute atomic E-state index is 12.0. The predicted molar refractivity (Wildman–Crippen MR) is 65.4 cm³/mol. The molecule has 0 fully saturated rings. The Bertz CT molecular complexity index is 414. The van der Waals surface area contributed by atoms with E-state index in [9.17, 15) is 4.79 Å². The number of hydrogen-bond acceptors (Lipinski definition) is 2. The first-order valence-electron chi connectivity index (χ1n) is 5.83. The highest BCUT2D eigenvalue weighted by Crippen LogP contribution is 2.37. The van der Waals surface area contributed by atoms with Crippen LogP contribution in [0.2, 0.25) is 0 Å². The van der Waals surface area contributed by atoms with Crippen LogP contribution >= 0.6 is 0 Å². The number of anilines is 1. The predicted octanol–water partition coefficient (Wildman–Crippen LogP) is 2.14. The van der Waals surface area contributed by atoms with Gasteiger partial charge in [-0.25, -0.2) is 0 Å². The second-order valence-corrected chi connectivity index (χ2v) is 4.33. The summed E-state index contributed by atoms with van der Waals surface area (Å²) in [6.45, 7) is 4.93. The van der Waals surface area contributed by atoms with E-state index in [0.29, 0.717) is 0 Å². The Kier molecular flexibility index (Phi) is 2.97. The van der Waals surface area contributed by atoms with Crippen molar-refractivity contribution in [1.82, 2.24) is 0 Å². The third-order valence-electron chi connectivity index (χ3n) is 3.14. The molecule has 1 aromatic rings. The summed E-state index contributed by atoms with van der Waals surface area (Å²) in [4.78, 5) is 13.9. The zero-order valence-electron chi connectivity index (χ0n) is 9.86. The van der Waals surface area contributed by atoms with E-state index in [-0.39, 0.29) is 5.91 Å². The summed E-state index contributed by atoms with van der Waals surface area (Å²) in [5.74, 6) is 0.0396. The van der Waals surface area contributed by atoms with Crippen molar-refractivity contribution in [2.75, 3.05) is 11.4 Å². The average molecular weight is 218 g/mol. The molecule has 2 rings (SSSR count). The molecule has 1 unspecified atom stereocenters. The molecule has 0 spiro atoms. The minimum absolute atomic E-state index is 0.0396. The van der Waals surface area contributed by atoms with Crippen molar-refractivity contribution in [2.45, 2.75) is 32.7 Å². The van der Waals surface area contributed by atoms with Crippen LogP contribution in [0.25, 0.3) is 0 Å². The van der Waals surface area contributed by atoms with Gasteiger partial charge in [0.1, 0.15) is 6.04 Å². The number of aryl methyl sites for hydroxylation is 1. The lowest BCUT2D eigenvalue weighted by molar-refractivity contribution is -0.119. The molecule has 0 bridgehead atoms. The molecule has 1 amide bonds. The molecule has 1 atom stereocenters. The van der Waals surface area contributed by atoms with Gasteiger partial charge >= 0.3 is 0 Å². The summed E-state index contributed by atoms with van der Waals surface area (Å²) >= 11 is 0. The normalized spacial score (nSPS) is 19.1. The van der Waals surface area contributed by atoms with Crippen LogP contribution in [0.3, 0.4) is 0 Å². The fraction of sp³-hybridized carbons (Fsp3) is 0.462. The van der Waals surface area contributed by atoms with Gasteiger partial charge in [-0.15, -0.1) is 0 Å². The van der Waals surface area contributed by atoms with Gasteiger partial charge in [0.25, 0.3) is 0 Å². The summed E-state index contributed by atoms with van der Waals surface area (Å²) in [6, 6.07) is 5.48. The van der Waals surface area contributed by atoms with Crippen LogP contribution in [0.4, 0.5) is 5.69 Å². The minimum Gasteiger partial charge on any atom is -0.316 e. The second-order valence-electron chi connectivity index (χ2n) is 4.33. The van der Waals surface area contributed by atoms with E-state index < -0.39 is 6.04 Å². The van der Waals surface area contributed by atoms with E-state index >= 15 is 0 Å². The summed E-state index contributed by atoms with van der Waals surface area (Å²) in [5.41, 5.74) is 9.07. The first-order chi connectivity index (χ1) is 7.66. The number of nitrogens with zero attached hydrogens (tertiary/aromatic N) is 1. The number of amides is 1. The Morgan fingerprint density at radius 3 is 2.88 bits per heavy atom. The van der Waals surface area contributed by atoms with Crippen molar-refractivity contribution in [2.24, 2.45) is 5.73 Å². The van der Waals surface area contributed by atoms with Gasteiger partial charge in [0, 0.05) is 12.1 Å². The molecule has 86 valence electrons. The molecule has 3 nitrogen and oxygen atoms in total. The summed E-state index contributed by atoms with van der Waals surface area (Å²) < 4.78 is 0. The zero-order valence-corrected chi connectivity index (χ0v) is 9.86. The van der Waals surface area contributed by atoms with Crippen molar-refractivity contribution in [3.63, 3.8) is 0 Å². The molecule has 0 aliphatic carbocycles. The summed E-state index contributed by atoms with van der Waals surface area (Å²) in [7, 11) is 0. The van der Waals surface area contributed by atoms with E-state index in [1.165, 1.54) is 0 Å². The highest BCUT2D eigenvalue weighted by Gasteiger charge is 2.34. The maximum Gasteiger partial charge on any atom is 0.248 e. The van der Waals surface area contributed by atoms with Crippen LogP contribution in [0.1, 0.15) is 36.9 Å². The number of nitrogens with two attached hydrogens (primary N) is 1. The Morgan fingerprint density at radius 1 is 1.44 bits per heavy atom. The Labute approximate surface area is 96.2 Å². The van der Waals surface area contributed by atoms with E-state index in [2.05, 4.69) is 6.92 Å². The van der Waals surface area contributed by atoms with E-state index in [1.54, 1.807) is 0 Å². The smallest absolute Gasteiger partial charge is 0.248 e. The fourth-order valence-corrected chi connectivity index (χ4v) is 2.25. The van der Waals surface area contributed by atoms with Crippen LogP contribution in [0, 0.1) is 6.92 Å². The van der Waals surface area contributed by atoms with Crippen LogP contribution in [-0.2, 0) is 4.79 Å². The average Bonchev–Trinajstić information content (AvgIpc) is 2.52. The monoisotopic (exact) mass is 218 g/mol. The molecule has 1 aliphatic rings. The molecule has 1 aliphatic heterocycles. The summed E-state index contributed by atoms with van der Waals surface area (Å²) in [5, 5.41) is 0. The topological polar surface area (TPSA) is 46.3 Å². The number of carbonyl (C=O) groups excluding carboxylic acids is 1. The van der Waals surface area contributed by atoms with Crippen molar-refractivity contribution in [3.8, 4) is 0 Å². The van der Waals surface area contributed by atoms with E-state index in [1.807, 2.05) is 30.0 Å². The molecule has 0 saturated carbocycles. The van der Waals surface area contributed by atoms with Gasteiger partial charge in [-0.1, -0.05) is 31.5 Å². The Morgan fingerprint density at radius 2 is 2.19 bits per heavy atom. The third-order valence-corrected chi connectivity index (χ3v) is 3.14. The molecule has 1 aromatic carbocycles. The molecule has 16 heavy (non-hydrogen) atoms. The molecule has 2 N–H and O–H groups in total. The van der Waals surface area contributed by atoms with E-state index in [4.69, 9.17) is 5.73 Å². The van der Waals surface area contributed by atoms with Crippen LogP contribution in [0.15, 0.2) is 18.2 Å².